The maximum absolute atomic E-state index is 10.7. The molecule has 3 nitrogen and oxygen atoms in total. The van der Waals surface area contributed by atoms with E-state index in [4.69, 9.17) is 0 Å². The van der Waals surface area contributed by atoms with Gasteiger partial charge in [0, 0.05) is 19.6 Å². The molecule has 86 valence electrons. The van der Waals surface area contributed by atoms with Crippen LogP contribution in [0.4, 0.5) is 0 Å². The van der Waals surface area contributed by atoms with Crippen molar-refractivity contribution in [2.45, 2.75) is 31.8 Å². The normalized spacial score (nSPS) is 20.6. The number of hydrogen-bond donors (Lipinski definition) is 0. The van der Waals surface area contributed by atoms with E-state index in [1.165, 1.54) is 5.56 Å². The highest BCUT2D eigenvalue weighted by atomic mass is 16.3. The molecule has 1 aromatic carbocycles. The van der Waals surface area contributed by atoms with Crippen LogP contribution in [0, 0.1) is 4.91 Å². The van der Waals surface area contributed by atoms with E-state index < -0.39 is 0 Å². The van der Waals surface area contributed by atoms with E-state index in [0.717, 1.165) is 32.5 Å². The fourth-order valence-electron chi connectivity index (χ4n) is 2.13. The molecule has 0 spiro atoms. The van der Waals surface area contributed by atoms with Gasteiger partial charge in [0.25, 0.3) is 0 Å². The molecule has 1 heterocycles. The SMILES string of the molecule is CC1(N=O)CCN(Cc2ccccc2)CC1. The standard InChI is InChI=1S/C13H18N2O/c1-13(14-16)7-9-15(10-8-13)11-12-5-3-2-4-6-12/h2-6H,7-11H2,1H3. The summed E-state index contributed by atoms with van der Waals surface area (Å²) in [5, 5.41) is 3.24. The van der Waals surface area contributed by atoms with Crippen LogP contribution in [-0.2, 0) is 6.54 Å². The summed E-state index contributed by atoms with van der Waals surface area (Å²) in [4.78, 5) is 13.1. The lowest BCUT2D eigenvalue weighted by Gasteiger charge is -2.34. The van der Waals surface area contributed by atoms with Gasteiger partial charge in [0.2, 0.25) is 0 Å². The van der Waals surface area contributed by atoms with Crippen LogP contribution >= 0.6 is 0 Å². The van der Waals surface area contributed by atoms with Gasteiger partial charge < -0.3 is 0 Å². The third-order valence-electron chi connectivity index (χ3n) is 3.40. The molecule has 1 saturated heterocycles. The van der Waals surface area contributed by atoms with Gasteiger partial charge in [-0.1, -0.05) is 35.5 Å². The molecule has 0 amide bonds. The number of rotatable bonds is 3. The Balaban J connectivity index is 1.88. The maximum atomic E-state index is 10.7. The van der Waals surface area contributed by atoms with E-state index in [2.05, 4.69) is 34.3 Å². The Hall–Kier alpha value is -1.22. The number of piperidine rings is 1. The van der Waals surface area contributed by atoms with Crippen molar-refractivity contribution in [2.24, 2.45) is 5.18 Å². The molecule has 0 bridgehead atoms. The van der Waals surface area contributed by atoms with Crippen molar-refractivity contribution in [1.82, 2.24) is 4.90 Å². The van der Waals surface area contributed by atoms with Crippen LogP contribution < -0.4 is 0 Å². The van der Waals surface area contributed by atoms with Crippen LogP contribution in [-0.4, -0.2) is 23.5 Å². The van der Waals surface area contributed by atoms with Crippen LogP contribution in [0.1, 0.15) is 25.3 Å². The highest BCUT2D eigenvalue weighted by Crippen LogP contribution is 2.26. The summed E-state index contributed by atoms with van der Waals surface area (Å²) in [6, 6.07) is 10.5. The van der Waals surface area contributed by atoms with Crippen molar-refractivity contribution < 1.29 is 0 Å². The molecule has 1 fully saturated rings. The quantitative estimate of drug-likeness (QED) is 0.731. The van der Waals surface area contributed by atoms with Crippen LogP contribution in [0.5, 0.6) is 0 Å². The molecule has 0 radical (unpaired) electrons. The molecule has 1 aliphatic rings. The first-order valence-corrected chi connectivity index (χ1v) is 5.83. The van der Waals surface area contributed by atoms with Crippen molar-refractivity contribution in [3.05, 3.63) is 40.8 Å². The van der Waals surface area contributed by atoms with E-state index in [-0.39, 0.29) is 5.54 Å². The van der Waals surface area contributed by atoms with Gasteiger partial charge in [-0.3, -0.25) is 4.90 Å². The summed E-state index contributed by atoms with van der Waals surface area (Å²) in [5.41, 5.74) is 1.01. The van der Waals surface area contributed by atoms with Crippen LogP contribution in [0.25, 0.3) is 0 Å². The maximum Gasteiger partial charge on any atom is 0.102 e. The first kappa shape index (κ1) is 11.3. The topological polar surface area (TPSA) is 32.7 Å². The Morgan fingerprint density at radius 2 is 1.88 bits per heavy atom. The van der Waals surface area contributed by atoms with Gasteiger partial charge in [0.1, 0.15) is 5.54 Å². The Labute approximate surface area is 96.4 Å². The zero-order valence-electron chi connectivity index (χ0n) is 9.72. The number of benzene rings is 1. The Morgan fingerprint density at radius 3 is 2.44 bits per heavy atom. The average Bonchev–Trinajstić information content (AvgIpc) is 2.34. The minimum atomic E-state index is -0.326. The van der Waals surface area contributed by atoms with Gasteiger partial charge in [0.15, 0.2) is 0 Å². The van der Waals surface area contributed by atoms with Gasteiger partial charge in [-0.2, -0.15) is 4.91 Å². The molecule has 0 saturated carbocycles. The van der Waals surface area contributed by atoms with E-state index >= 15 is 0 Å². The number of hydrogen-bond acceptors (Lipinski definition) is 3. The van der Waals surface area contributed by atoms with Gasteiger partial charge >= 0.3 is 0 Å². The Bertz CT molecular complexity index is 342. The zero-order chi connectivity index (χ0) is 11.4. The van der Waals surface area contributed by atoms with Gasteiger partial charge in [-0.05, 0) is 25.3 Å². The molecule has 16 heavy (non-hydrogen) atoms. The fraction of sp³-hybridized carbons (Fsp3) is 0.538. The average molecular weight is 218 g/mol. The van der Waals surface area contributed by atoms with E-state index in [1.54, 1.807) is 0 Å². The molecular weight excluding hydrogens is 200 g/mol. The van der Waals surface area contributed by atoms with Crippen molar-refractivity contribution in [1.29, 1.82) is 0 Å². The predicted octanol–water partition coefficient (Wildman–Crippen LogP) is 2.81. The summed E-state index contributed by atoms with van der Waals surface area (Å²) < 4.78 is 0. The second kappa shape index (κ2) is 4.74. The van der Waals surface area contributed by atoms with Crippen LogP contribution in [0.15, 0.2) is 35.5 Å². The molecule has 3 heteroatoms. The molecule has 0 N–H and O–H groups in total. The monoisotopic (exact) mass is 218 g/mol. The van der Waals surface area contributed by atoms with Crippen LogP contribution in [0.3, 0.4) is 0 Å². The van der Waals surface area contributed by atoms with E-state index in [9.17, 15) is 4.91 Å². The number of nitrogens with zero attached hydrogens (tertiary/aromatic N) is 2. The minimum absolute atomic E-state index is 0.326. The zero-order valence-corrected chi connectivity index (χ0v) is 9.72. The summed E-state index contributed by atoms with van der Waals surface area (Å²) >= 11 is 0. The third-order valence-corrected chi connectivity index (χ3v) is 3.40. The molecule has 0 aliphatic carbocycles. The second-order valence-electron chi connectivity index (χ2n) is 4.85. The second-order valence-corrected chi connectivity index (χ2v) is 4.85. The smallest absolute Gasteiger partial charge is 0.102 e. The van der Waals surface area contributed by atoms with Crippen LogP contribution in [0.2, 0.25) is 0 Å². The van der Waals surface area contributed by atoms with Gasteiger partial charge in [0.05, 0.1) is 0 Å². The van der Waals surface area contributed by atoms with Crippen molar-refractivity contribution in [3.63, 3.8) is 0 Å². The fourth-order valence-corrected chi connectivity index (χ4v) is 2.13. The minimum Gasteiger partial charge on any atom is -0.299 e. The molecule has 0 atom stereocenters. The first-order valence-electron chi connectivity index (χ1n) is 5.83. The largest absolute Gasteiger partial charge is 0.299 e. The van der Waals surface area contributed by atoms with E-state index in [1.807, 2.05) is 13.0 Å². The molecular formula is C13H18N2O. The van der Waals surface area contributed by atoms with E-state index in [0.29, 0.717) is 0 Å². The first-order chi connectivity index (χ1) is 7.72. The van der Waals surface area contributed by atoms with Crippen molar-refractivity contribution >= 4 is 0 Å². The summed E-state index contributed by atoms with van der Waals surface area (Å²) in [7, 11) is 0. The number of nitroso groups, excluding NO2 is 1. The van der Waals surface area contributed by atoms with Crippen molar-refractivity contribution in [3.8, 4) is 0 Å². The Morgan fingerprint density at radius 1 is 1.25 bits per heavy atom. The third kappa shape index (κ3) is 2.67. The lowest BCUT2D eigenvalue weighted by molar-refractivity contribution is 0.165. The summed E-state index contributed by atoms with van der Waals surface area (Å²) in [6.07, 6.45) is 1.76. The highest BCUT2D eigenvalue weighted by molar-refractivity contribution is 5.14. The predicted molar refractivity (Wildman–Crippen MR) is 65.2 cm³/mol. The molecule has 0 aromatic heterocycles. The van der Waals surface area contributed by atoms with Gasteiger partial charge in [-0.15, -0.1) is 0 Å². The highest BCUT2D eigenvalue weighted by Gasteiger charge is 2.30. The lowest BCUT2D eigenvalue weighted by Crippen LogP contribution is -2.40. The molecule has 1 aromatic rings. The molecule has 1 aliphatic heterocycles. The lowest BCUT2D eigenvalue weighted by atomic mass is 9.91. The summed E-state index contributed by atoms with van der Waals surface area (Å²) in [5.74, 6) is 0. The molecule has 0 unspecified atom stereocenters. The summed E-state index contributed by atoms with van der Waals surface area (Å²) in [6.45, 7) is 4.88. The Kier molecular flexibility index (Phi) is 3.34. The molecule has 2 rings (SSSR count). The van der Waals surface area contributed by atoms with Crippen molar-refractivity contribution in [2.75, 3.05) is 13.1 Å². The number of likely N-dealkylation sites (tertiary alicyclic amines) is 1. The van der Waals surface area contributed by atoms with Gasteiger partial charge in [-0.25, -0.2) is 0 Å².